The summed E-state index contributed by atoms with van der Waals surface area (Å²) in [5.74, 6) is -9.34. The van der Waals surface area contributed by atoms with Gasteiger partial charge in [-0.1, -0.05) is 45.9 Å². The number of phenolic OH excluding ortho intramolecular Hbond substituents is 1. The summed E-state index contributed by atoms with van der Waals surface area (Å²) in [7, 11) is 3.39. The van der Waals surface area contributed by atoms with E-state index in [-0.39, 0.29) is 28.0 Å². The predicted molar refractivity (Wildman–Crippen MR) is 216 cm³/mol. The molecule has 4 aliphatic heterocycles. The molecular formula is C43H56N4O12. The molecule has 4 heterocycles. The minimum atomic E-state index is -2.09. The number of hydrazone groups is 1. The SMILES string of the molecule is COC1/C=C/OC2(C)Oc3c(C)c(O)c4c(c3C2=O)C(=O)C(/C=N/N2CCN(C)CC2)=C(NC(=O)/C(C)=C\C=C\C(C)C(O)C(C)C(O)C(C)C(OC(C)=O)C1C)C4=O. The molecule has 0 spiro atoms. The molecule has 16 nitrogen and oxygen atoms in total. The van der Waals surface area contributed by atoms with Crippen LogP contribution in [-0.4, -0.2) is 131 Å². The van der Waals surface area contributed by atoms with E-state index in [1.165, 1.54) is 59.4 Å². The highest BCUT2D eigenvalue weighted by Gasteiger charge is 2.52. The number of allylic oxidation sites excluding steroid dienone is 4. The molecule has 1 aromatic rings. The van der Waals surface area contributed by atoms with Crippen LogP contribution in [0.15, 0.2) is 52.5 Å². The van der Waals surface area contributed by atoms with E-state index in [0.717, 1.165) is 0 Å². The lowest BCUT2D eigenvalue weighted by Crippen LogP contribution is -2.46. The number of hydrogen-bond donors (Lipinski definition) is 4. The van der Waals surface area contributed by atoms with Crippen molar-refractivity contribution in [1.29, 1.82) is 0 Å². The number of ether oxygens (including phenoxy) is 4. The first-order valence-electron chi connectivity index (χ1n) is 19.7. The summed E-state index contributed by atoms with van der Waals surface area (Å²) < 4.78 is 23.5. The number of hydrogen-bond acceptors (Lipinski definition) is 15. The quantitative estimate of drug-likeness (QED) is 0.254. The van der Waals surface area contributed by atoms with Gasteiger partial charge >= 0.3 is 11.8 Å². The van der Waals surface area contributed by atoms with E-state index in [0.29, 0.717) is 26.2 Å². The number of carbonyl (C=O) groups excluding carboxylic acids is 5. The van der Waals surface area contributed by atoms with Gasteiger partial charge in [-0.05, 0) is 27.0 Å². The van der Waals surface area contributed by atoms with Crippen molar-refractivity contribution in [2.75, 3.05) is 40.3 Å². The second-order valence-corrected chi connectivity index (χ2v) is 16.1. The summed E-state index contributed by atoms with van der Waals surface area (Å²) >= 11 is 0. The van der Waals surface area contributed by atoms with Crippen LogP contribution in [0.1, 0.15) is 85.1 Å². The van der Waals surface area contributed by atoms with Gasteiger partial charge in [-0.25, -0.2) is 0 Å². The summed E-state index contributed by atoms with van der Waals surface area (Å²) in [6, 6.07) is 0. The van der Waals surface area contributed by atoms with Crippen LogP contribution in [0.4, 0.5) is 0 Å². The lowest BCUT2D eigenvalue weighted by atomic mass is 9.78. The number of nitrogens with one attached hydrogen (secondary N) is 1. The summed E-state index contributed by atoms with van der Waals surface area (Å²) in [6.45, 7) is 14.8. The highest BCUT2D eigenvalue weighted by atomic mass is 16.7. The van der Waals surface area contributed by atoms with E-state index < -0.39 is 106 Å². The molecule has 59 heavy (non-hydrogen) atoms. The molecule has 16 heteroatoms. The Labute approximate surface area is 344 Å². The van der Waals surface area contributed by atoms with Crippen LogP contribution < -0.4 is 10.1 Å². The third-order valence-electron chi connectivity index (χ3n) is 11.8. The third kappa shape index (κ3) is 8.91. The van der Waals surface area contributed by atoms with E-state index in [9.17, 15) is 39.3 Å². The van der Waals surface area contributed by atoms with Crippen LogP contribution in [0.25, 0.3) is 0 Å². The number of piperazine rings is 1. The van der Waals surface area contributed by atoms with Crippen molar-refractivity contribution in [3.8, 4) is 11.5 Å². The number of rotatable bonds is 4. The highest BCUT2D eigenvalue weighted by molar-refractivity contribution is 6.37. The monoisotopic (exact) mass is 820 g/mol. The van der Waals surface area contributed by atoms with E-state index in [1.54, 1.807) is 44.9 Å². The van der Waals surface area contributed by atoms with E-state index in [4.69, 9.17) is 18.9 Å². The van der Waals surface area contributed by atoms with Gasteiger partial charge in [0, 0.05) is 81.9 Å². The Morgan fingerprint density at radius 2 is 1.61 bits per heavy atom. The van der Waals surface area contributed by atoms with Crippen molar-refractivity contribution in [3.05, 3.63) is 69.7 Å². The Balaban J connectivity index is 1.66. The first kappa shape index (κ1) is 44.9. The molecule has 5 bridgehead atoms. The van der Waals surface area contributed by atoms with Crippen molar-refractivity contribution in [2.24, 2.45) is 28.8 Å². The lowest BCUT2D eigenvalue weighted by molar-refractivity contribution is -0.160. The molecule has 0 aromatic heterocycles. The van der Waals surface area contributed by atoms with Gasteiger partial charge in [0.2, 0.25) is 5.78 Å². The van der Waals surface area contributed by atoms with Crippen molar-refractivity contribution < 1.29 is 58.2 Å². The van der Waals surface area contributed by atoms with Crippen molar-refractivity contribution in [3.63, 3.8) is 0 Å². The zero-order valence-corrected chi connectivity index (χ0v) is 35.3. The minimum absolute atomic E-state index is 0.0118. The first-order valence-corrected chi connectivity index (χ1v) is 19.7. The Morgan fingerprint density at radius 3 is 2.24 bits per heavy atom. The lowest BCUT2D eigenvalue weighted by Gasteiger charge is -2.38. The normalized spacial score (nSPS) is 33.3. The molecule has 4 N–H and O–H groups in total. The molecule has 1 saturated heterocycles. The van der Waals surface area contributed by atoms with Crippen LogP contribution in [0, 0.1) is 30.6 Å². The van der Waals surface area contributed by atoms with Crippen LogP contribution in [0.2, 0.25) is 0 Å². The second-order valence-electron chi connectivity index (χ2n) is 16.1. The number of amides is 1. The van der Waals surface area contributed by atoms with Crippen molar-refractivity contribution in [1.82, 2.24) is 15.2 Å². The smallest absolute Gasteiger partial charge is 0.312 e. The molecule has 1 aliphatic carbocycles. The topological polar surface area (TPSA) is 214 Å². The van der Waals surface area contributed by atoms with Gasteiger partial charge in [0.25, 0.3) is 11.7 Å². The molecule has 320 valence electrons. The number of Topliss-reactive ketones (excluding diaryl/α,β-unsaturated/α-hetero) is 3. The Morgan fingerprint density at radius 1 is 0.949 bits per heavy atom. The van der Waals surface area contributed by atoms with E-state index in [2.05, 4.69) is 15.3 Å². The number of ketones is 3. The number of likely N-dealkylation sites (N-methyl/N-ethyl adjacent to an activating group) is 1. The van der Waals surface area contributed by atoms with Gasteiger partial charge in [-0.15, -0.1) is 0 Å². The number of carbonyl (C=O) groups is 5. The van der Waals surface area contributed by atoms with Crippen molar-refractivity contribution >= 4 is 35.4 Å². The van der Waals surface area contributed by atoms with Gasteiger partial charge in [-0.2, -0.15) is 5.10 Å². The summed E-state index contributed by atoms with van der Waals surface area (Å²) in [6.07, 6.45) is 4.56. The fourth-order valence-corrected chi connectivity index (χ4v) is 7.89. The summed E-state index contributed by atoms with van der Waals surface area (Å²) in [5, 5.41) is 43.1. The number of phenols is 1. The predicted octanol–water partition coefficient (Wildman–Crippen LogP) is 3.23. The zero-order valence-electron chi connectivity index (χ0n) is 35.3. The zero-order chi connectivity index (χ0) is 43.7. The van der Waals surface area contributed by atoms with Crippen LogP contribution in [0.3, 0.4) is 0 Å². The average molecular weight is 821 g/mol. The number of aliphatic hydroxyl groups is 2. The van der Waals surface area contributed by atoms with Gasteiger partial charge in [0.15, 0.2) is 5.78 Å². The fourth-order valence-electron chi connectivity index (χ4n) is 7.89. The van der Waals surface area contributed by atoms with E-state index >= 15 is 0 Å². The van der Waals surface area contributed by atoms with Crippen LogP contribution in [0.5, 0.6) is 11.5 Å². The van der Waals surface area contributed by atoms with Gasteiger partial charge < -0.3 is 44.5 Å². The van der Waals surface area contributed by atoms with Crippen LogP contribution >= 0.6 is 0 Å². The molecule has 9 atom stereocenters. The molecule has 6 rings (SSSR count). The largest absolute Gasteiger partial charge is 0.507 e. The molecular weight excluding hydrogens is 764 g/mol. The third-order valence-corrected chi connectivity index (χ3v) is 11.8. The maximum Gasteiger partial charge on any atom is 0.312 e. The molecule has 1 fully saturated rings. The Kier molecular flexibility index (Phi) is 13.7. The van der Waals surface area contributed by atoms with Crippen LogP contribution in [-0.2, 0) is 23.8 Å². The molecule has 0 saturated carbocycles. The number of esters is 1. The number of nitrogens with zero attached hydrogens (tertiary/aromatic N) is 3. The van der Waals surface area contributed by atoms with E-state index in [1.807, 2.05) is 7.05 Å². The minimum Gasteiger partial charge on any atom is -0.507 e. The van der Waals surface area contributed by atoms with Gasteiger partial charge in [0.1, 0.15) is 23.3 Å². The van der Waals surface area contributed by atoms with Gasteiger partial charge in [-0.3, -0.25) is 29.0 Å². The maximum atomic E-state index is 14.6. The molecule has 1 amide bonds. The molecule has 5 aliphatic rings. The number of aliphatic hydroxyl groups excluding tert-OH is 2. The molecule has 1 aromatic carbocycles. The Bertz CT molecular complexity index is 2030. The standard InChI is InChI=1S/C43H56N4O12/c1-21-12-11-13-22(2)42(55)45-33-28(20-44-47-17-15-46(9)16-18-47)37(52)30-31(38(33)53)36(51)26(6)40-32(30)41(54)43(8,59-40)57-19-14-29(56-10)23(3)39(58-27(7)48)25(5)35(50)24(4)34(21)49/h11-14,19-21,23-25,29,34-35,39,49-51H,15-18H2,1-10H3,(H,45,55)/b12-11+,19-14+,22-13-,44-20+. The summed E-state index contributed by atoms with van der Waals surface area (Å²) in [4.78, 5) is 71.6. The number of benzene rings is 1. The number of fused-ring (bicyclic) bond motifs is 14. The fraction of sp³-hybridized carbons (Fsp3) is 0.535. The highest BCUT2D eigenvalue weighted by Crippen LogP contribution is 2.48. The molecule has 0 radical (unpaired) electrons. The average Bonchev–Trinajstić information content (AvgIpc) is 3.46. The number of methoxy groups -OCH3 is 1. The second kappa shape index (κ2) is 18.0. The molecule has 9 unspecified atom stereocenters. The maximum absolute atomic E-state index is 14.6. The first-order chi connectivity index (χ1) is 27.7. The number of aromatic hydroxyl groups is 1. The van der Waals surface area contributed by atoms with Crippen molar-refractivity contribution in [2.45, 2.75) is 85.6 Å². The Hall–Kier alpha value is -5.16. The van der Waals surface area contributed by atoms with Gasteiger partial charge in [0.05, 0.1) is 53.1 Å². The summed E-state index contributed by atoms with van der Waals surface area (Å²) in [5.41, 5.74) is -1.82.